The highest BCUT2D eigenvalue weighted by molar-refractivity contribution is 6.32. The second kappa shape index (κ2) is 10.6. The lowest BCUT2D eigenvalue weighted by Crippen LogP contribution is -2.30. The van der Waals surface area contributed by atoms with Gasteiger partial charge in [0.15, 0.2) is 11.8 Å². The van der Waals surface area contributed by atoms with E-state index in [1.54, 1.807) is 41.2 Å². The number of amides is 1. The summed E-state index contributed by atoms with van der Waals surface area (Å²) in [6.45, 7) is 10.2. The molecule has 0 spiro atoms. The molecule has 0 radical (unpaired) electrons. The lowest BCUT2D eigenvalue weighted by molar-refractivity contribution is -0.118. The number of aromatic nitrogens is 5. The molecule has 0 aliphatic rings. The Morgan fingerprint density at radius 2 is 2.12 bits per heavy atom. The predicted molar refractivity (Wildman–Crippen MR) is 125 cm³/mol. The van der Waals surface area contributed by atoms with Crippen molar-refractivity contribution in [2.45, 2.75) is 59.5 Å². The van der Waals surface area contributed by atoms with E-state index in [1.165, 1.54) is 0 Å². The monoisotopic (exact) mass is 473 g/mol. The Bertz CT molecular complexity index is 1100. The molecule has 0 saturated carbocycles. The van der Waals surface area contributed by atoms with Gasteiger partial charge in [0.25, 0.3) is 0 Å². The molecule has 176 valence electrons. The first-order valence-corrected chi connectivity index (χ1v) is 11.0. The standard InChI is InChI=1S/C22H28ClN7O3/c1-6-29(17-13-30(26-20(17)23)16-8-7-11-24-12-16)19(31)10-9-15(2)27-32-14-18-25-21(33-28-18)22(3,4)5/h7-8,11-13H,6,9-10,14H2,1-5H3. The Morgan fingerprint density at radius 3 is 2.76 bits per heavy atom. The molecule has 3 rings (SSSR count). The summed E-state index contributed by atoms with van der Waals surface area (Å²) in [5, 5.41) is 12.5. The summed E-state index contributed by atoms with van der Waals surface area (Å²) in [6.07, 6.45) is 5.75. The van der Waals surface area contributed by atoms with Crippen LogP contribution in [0.5, 0.6) is 0 Å². The molecule has 3 aromatic heterocycles. The van der Waals surface area contributed by atoms with Crippen LogP contribution < -0.4 is 4.90 Å². The molecule has 0 aliphatic heterocycles. The van der Waals surface area contributed by atoms with Crippen LogP contribution >= 0.6 is 11.6 Å². The zero-order valence-corrected chi connectivity index (χ0v) is 20.2. The van der Waals surface area contributed by atoms with Crippen molar-refractivity contribution < 1.29 is 14.2 Å². The van der Waals surface area contributed by atoms with Crippen molar-refractivity contribution >= 4 is 28.9 Å². The van der Waals surface area contributed by atoms with Crippen molar-refractivity contribution in [2.24, 2.45) is 5.16 Å². The molecular formula is C22H28ClN7O3. The van der Waals surface area contributed by atoms with Crippen LogP contribution in [0.25, 0.3) is 5.69 Å². The SMILES string of the molecule is CCN(C(=O)CCC(C)=NOCc1noc(C(C)(C)C)n1)c1cn(-c2cccnc2)nc1Cl. The van der Waals surface area contributed by atoms with Gasteiger partial charge in [-0.25, -0.2) is 4.68 Å². The Labute approximate surface area is 197 Å². The first kappa shape index (κ1) is 24.4. The lowest BCUT2D eigenvalue weighted by Gasteiger charge is -2.19. The predicted octanol–water partition coefficient (Wildman–Crippen LogP) is 4.33. The summed E-state index contributed by atoms with van der Waals surface area (Å²) < 4.78 is 6.83. The fourth-order valence-electron chi connectivity index (χ4n) is 2.91. The van der Waals surface area contributed by atoms with E-state index in [0.29, 0.717) is 36.1 Å². The van der Waals surface area contributed by atoms with E-state index in [-0.39, 0.29) is 29.5 Å². The normalized spacial score (nSPS) is 12.1. The maximum atomic E-state index is 12.9. The van der Waals surface area contributed by atoms with Gasteiger partial charge in [-0.05, 0) is 32.4 Å². The Balaban J connectivity index is 1.55. The number of anilines is 1. The number of pyridine rings is 1. The highest BCUT2D eigenvalue weighted by atomic mass is 35.5. The zero-order chi connectivity index (χ0) is 24.0. The molecule has 0 N–H and O–H groups in total. The van der Waals surface area contributed by atoms with Crippen LogP contribution in [-0.2, 0) is 21.7 Å². The van der Waals surface area contributed by atoms with Gasteiger partial charge in [0.05, 0.1) is 23.8 Å². The molecule has 0 fully saturated rings. The number of hydrogen-bond donors (Lipinski definition) is 0. The zero-order valence-electron chi connectivity index (χ0n) is 19.4. The van der Waals surface area contributed by atoms with Gasteiger partial charge in [0.2, 0.25) is 17.6 Å². The molecule has 0 bridgehead atoms. The summed E-state index contributed by atoms with van der Waals surface area (Å²) in [5.41, 5.74) is 1.75. The van der Waals surface area contributed by atoms with Crippen LogP contribution in [0.3, 0.4) is 0 Å². The highest BCUT2D eigenvalue weighted by Gasteiger charge is 2.22. The molecule has 11 heteroatoms. The van der Waals surface area contributed by atoms with Crippen LogP contribution in [0.1, 0.15) is 59.2 Å². The Hall–Kier alpha value is -3.27. The maximum Gasteiger partial charge on any atom is 0.232 e. The highest BCUT2D eigenvalue weighted by Crippen LogP contribution is 2.26. The van der Waals surface area contributed by atoms with Crippen LogP contribution in [0.2, 0.25) is 5.15 Å². The van der Waals surface area contributed by atoms with Gasteiger partial charge in [-0.2, -0.15) is 10.1 Å². The van der Waals surface area contributed by atoms with Crippen LogP contribution in [0, 0.1) is 0 Å². The van der Waals surface area contributed by atoms with E-state index >= 15 is 0 Å². The van der Waals surface area contributed by atoms with Crippen molar-refractivity contribution in [1.82, 2.24) is 24.9 Å². The molecule has 1 amide bonds. The summed E-state index contributed by atoms with van der Waals surface area (Å²) >= 11 is 6.32. The maximum absolute atomic E-state index is 12.9. The second-order valence-electron chi connectivity index (χ2n) is 8.46. The molecule has 0 aromatic carbocycles. The number of oxime groups is 1. The van der Waals surface area contributed by atoms with E-state index in [9.17, 15) is 4.79 Å². The number of carbonyl (C=O) groups excluding carboxylic acids is 1. The largest absolute Gasteiger partial charge is 0.387 e. The molecule has 0 aliphatic carbocycles. The second-order valence-corrected chi connectivity index (χ2v) is 8.82. The Kier molecular flexibility index (Phi) is 7.80. The van der Waals surface area contributed by atoms with Crippen molar-refractivity contribution in [1.29, 1.82) is 0 Å². The lowest BCUT2D eigenvalue weighted by atomic mass is 9.97. The molecule has 0 atom stereocenters. The number of carbonyl (C=O) groups is 1. The minimum absolute atomic E-state index is 0.0901. The third-order valence-corrected chi connectivity index (χ3v) is 4.96. The van der Waals surface area contributed by atoms with Crippen LogP contribution in [-0.4, -0.2) is 43.1 Å². The first-order chi connectivity index (χ1) is 15.7. The molecule has 33 heavy (non-hydrogen) atoms. The molecule has 3 heterocycles. The van der Waals surface area contributed by atoms with Crippen LogP contribution in [0.15, 0.2) is 40.4 Å². The van der Waals surface area contributed by atoms with E-state index < -0.39 is 0 Å². The topological polar surface area (TPSA) is 112 Å². The van der Waals surface area contributed by atoms with Crippen molar-refractivity contribution in [2.75, 3.05) is 11.4 Å². The third-order valence-electron chi connectivity index (χ3n) is 4.69. The minimum atomic E-state index is -0.229. The summed E-state index contributed by atoms with van der Waals surface area (Å²) in [4.78, 5) is 28.2. The molecule has 10 nitrogen and oxygen atoms in total. The number of nitrogens with zero attached hydrogens (tertiary/aromatic N) is 7. The third kappa shape index (κ3) is 6.38. The first-order valence-electron chi connectivity index (χ1n) is 10.6. The van der Waals surface area contributed by atoms with E-state index in [1.807, 2.05) is 33.8 Å². The average Bonchev–Trinajstić information content (AvgIpc) is 3.41. The van der Waals surface area contributed by atoms with Gasteiger partial charge in [0, 0.05) is 24.6 Å². The molecule has 0 saturated heterocycles. The van der Waals surface area contributed by atoms with Crippen molar-refractivity contribution in [3.8, 4) is 5.69 Å². The number of rotatable bonds is 9. The van der Waals surface area contributed by atoms with Gasteiger partial charge >= 0.3 is 0 Å². The molecular weight excluding hydrogens is 446 g/mol. The van der Waals surface area contributed by atoms with E-state index in [0.717, 1.165) is 5.69 Å². The number of hydrogen-bond acceptors (Lipinski definition) is 8. The fourth-order valence-corrected chi connectivity index (χ4v) is 3.15. The van der Waals surface area contributed by atoms with Crippen molar-refractivity contribution in [3.05, 3.63) is 47.6 Å². The fraction of sp³-hybridized carbons (Fsp3) is 0.455. The summed E-state index contributed by atoms with van der Waals surface area (Å²) in [5.74, 6) is 0.871. The smallest absolute Gasteiger partial charge is 0.232 e. The van der Waals surface area contributed by atoms with Gasteiger partial charge in [-0.3, -0.25) is 9.78 Å². The minimum Gasteiger partial charge on any atom is -0.387 e. The molecule has 0 unspecified atom stereocenters. The average molecular weight is 474 g/mol. The van der Waals surface area contributed by atoms with E-state index in [4.69, 9.17) is 21.0 Å². The Morgan fingerprint density at radius 1 is 1.33 bits per heavy atom. The quantitative estimate of drug-likeness (QED) is 0.336. The van der Waals surface area contributed by atoms with Gasteiger partial charge in [-0.15, -0.1) is 0 Å². The summed E-state index contributed by atoms with van der Waals surface area (Å²) in [7, 11) is 0. The summed E-state index contributed by atoms with van der Waals surface area (Å²) in [6, 6.07) is 3.66. The number of halogens is 1. The van der Waals surface area contributed by atoms with Crippen molar-refractivity contribution in [3.63, 3.8) is 0 Å². The van der Waals surface area contributed by atoms with Gasteiger partial charge in [0.1, 0.15) is 5.69 Å². The van der Waals surface area contributed by atoms with Crippen LogP contribution in [0.4, 0.5) is 5.69 Å². The molecule has 3 aromatic rings. The van der Waals surface area contributed by atoms with Gasteiger partial charge < -0.3 is 14.3 Å². The van der Waals surface area contributed by atoms with E-state index in [2.05, 4.69) is 25.4 Å². The van der Waals surface area contributed by atoms with Gasteiger partial charge in [-0.1, -0.05) is 42.7 Å².